The molecule has 0 aliphatic heterocycles. The Balaban J connectivity index is 1.59. The summed E-state index contributed by atoms with van der Waals surface area (Å²) in [4.78, 5) is 25.1. The van der Waals surface area contributed by atoms with Crippen molar-refractivity contribution in [3.8, 4) is 11.4 Å². The molecule has 2 aromatic carbocycles. The third-order valence-corrected chi connectivity index (χ3v) is 7.19. The van der Waals surface area contributed by atoms with Gasteiger partial charge in [-0.1, -0.05) is 24.3 Å². The van der Waals surface area contributed by atoms with Crippen molar-refractivity contribution < 1.29 is 22.7 Å². The normalized spacial score (nSPS) is 14.4. The highest BCUT2D eigenvalue weighted by Crippen LogP contribution is 2.51. The Morgan fingerprint density at radius 2 is 1.74 bits per heavy atom. The number of benzene rings is 2. The molecule has 1 amide bonds. The molecule has 0 saturated heterocycles. The van der Waals surface area contributed by atoms with Gasteiger partial charge in [-0.05, 0) is 48.2 Å². The maximum Gasteiger partial charge on any atom is 0.220 e. The molecule has 1 aromatic heterocycles. The number of aromatic nitrogens is 2. The lowest BCUT2D eigenvalue weighted by atomic mass is 9.91. The van der Waals surface area contributed by atoms with Gasteiger partial charge >= 0.3 is 0 Å². The van der Waals surface area contributed by atoms with Crippen LogP contribution in [0.2, 0.25) is 0 Å². The Morgan fingerprint density at radius 1 is 1.09 bits per heavy atom. The number of amides is 1. The van der Waals surface area contributed by atoms with Gasteiger partial charge in [0.25, 0.3) is 0 Å². The highest BCUT2D eigenvalue weighted by atomic mass is 32.2. The van der Waals surface area contributed by atoms with Gasteiger partial charge in [-0.3, -0.25) is 9.59 Å². The summed E-state index contributed by atoms with van der Waals surface area (Å²) in [5.41, 5.74) is 2.52. The summed E-state index contributed by atoms with van der Waals surface area (Å²) in [6.07, 6.45) is 3.54. The van der Waals surface area contributed by atoms with Crippen molar-refractivity contribution in [2.45, 2.75) is 36.1 Å². The zero-order chi connectivity index (χ0) is 24.5. The van der Waals surface area contributed by atoms with Gasteiger partial charge in [0.05, 0.1) is 12.8 Å². The summed E-state index contributed by atoms with van der Waals surface area (Å²) in [6, 6.07) is 15.9. The number of methoxy groups -OCH3 is 1. The minimum atomic E-state index is -3.60. The van der Waals surface area contributed by atoms with Crippen LogP contribution in [-0.2, 0) is 26.5 Å². The first-order chi connectivity index (χ1) is 16.1. The molecule has 0 bridgehead atoms. The average molecular weight is 482 g/mol. The number of nitrogens with one attached hydrogen (secondary N) is 1. The van der Waals surface area contributed by atoms with Crippen molar-refractivity contribution in [1.29, 1.82) is 0 Å². The zero-order valence-electron chi connectivity index (χ0n) is 19.4. The van der Waals surface area contributed by atoms with Crippen LogP contribution in [0.5, 0.6) is 5.75 Å². The van der Waals surface area contributed by atoms with Crippen molar-refractivity contribution in [2.24, 2.45) is 0 Å². The second-order valence-corrected chi connectivity index (χ2v) is 10.6. The molecule has 34 heavy (non-hydrogen) atoms. The van der Waals surface area contributed by atoms with Crippen molar-refractivity contribution in [1.82, 2.24) is 15.1 Å². The van der Waals surface area contributed by atoms with E-state index in [-0.39, 0.29) is 34.2 Å². The molecule has 1 aliphatic rings. The molecular formula is C25H27N3O5S. The van der Waals surface area contributed by atoms with Crippen LogP contribution in [0.4, 0.5) is 0 Å². The SMILES string of the molecule is CNC(=O)CC1(c2ccc(CC(=O)c3cc(S(C)(=O)=O)nn3-c3ccc(OC)cc3)cc2)CC1. The summed E-state index contributed by atoms with van der Waals surface area (Å²) in [5, 5.41) is 6.71. The third-order valence-electron chi connectivity index (χ3n) is 6.23. The Labute approximate surface area is 198 Å². The van der Waals surface area contributed by atoms with E-state index in [0.29, 0.717) is 17.9 Å². The number of carbonyl (C=O) groups excluding carboxylic acids is 2. The molecule has 0 radical (unpaired) electrons. The lowest BCUT2D eigenvalue weighted by Gasteiger charge is -2.15. The van der Waals surface area contributed by atoms with Gasteiger partial charge in [0.2, 0.25) is 5.91 Å². The van der Waals surface area contributed by atoms with Crippen LogP contribution in [0, 0.1) is 0 Å². The van der Waals surface area contributed by atoms with E-state index >= 15 is 0 Å². The first kappa shape index (κ1) is 23.7. The Hall–Kier alpha value is -3.46. The first-order valence-corrected chi connectivity index (χ1v) is 12.8. The maximum atomic E-state index is 13.2. The molecule has 1 fully saturated rings. The van der Waals surface area contributed by atoms with Crippen LogP contribution in [0.15, 0.2) is 59.6 Å². The predicted octanol–water partition coefficient (Wildman–Crippen LogP) is 2.88. The van der Waals surface area contributed by atoms with Crippen molar-refractivity contribution in [2.75, 3.05) is 20.4 Å². The van der Waals surface area contributed by atoms with Gasteiger partial charge in [0.1, 0.15) is 11.4 Å². The molecule has 8 nitrogen and oxygen atoms in total. The molecule has 1 aliphatic carbocycles. The quantitative estimate of drug-likeness (QED) is 0.471. The number of Topliss-reactive ketones (excluding diaryl/α,β-unsaturated/α-hetero) is 1. The number of sulfone groups is 1. The zero-order valence-corrected chi connectivity index (χ0v) is 20.2. The van der Waals surface area contributed by atoms with Crippen LogP contribution in [0.1, 0.15) is 40.9 Å². The highest BCUT2D eigenvalue weighted by Gasteiger charge is 2.45. The number of nitrogens with zero attached hydrogens (tertiary/aromatic N) is 2. The fourth-order valence-electron chi connectivity index (χ4n) is 4.03. The largest absolute Gasteiger partial charge is 0.497 e. The number of hydrogen-bond acceptors (Lipinski definition) is 6. The molecule has 4 rings (SSSR count). The molecule has 0 unspecified atom stereocenters. The van der Waals surface area contributed by atoms with Gasteiger partial charge in [0.15, 0.2) is 20.6 Å². The summed E-state index contributed by atoms with van der Waals surface area (Å²) in [5.74, 6) is 0.403. The second-order valence-electron chi connectivity index (χ2n) is 8.68. The maximum absolute atomic E-state index is 13.2. The molecule has 1 N–H and O–H groups in total. The second kappa shape index (κ2) is 9.06. The van der Waals surface area contributed by atoms with Crippen molar-refractivity contribution in [3.05, 3.63) is 71.4 Å². The molecule has 1 saturated carbocycles. The van der Waals surface area contributed by atoms with E-state index in [1.54, 1.807) is 38.4 Å². The minimum absolute atomic E-state index is 0.0187. The summed E-state index contributed by atoms with van der Waals surface area (Å²) in [7, 11) is -0.412. The molecule has 9 heteroatoms. The highest BCUT2D eigenvalue weighted by molar-refractivity contribution is 7.90. The number of rotatable bonds is 9. The van der Waals surface area contributed by atoms with Crippen molar-refractivity contribution >= 4 is 21.5 Å². The molecule has 0 atom stereocenters. The minimum Gasteiger partial charge on any atom is -0.497 e. The van der Waals surface area contributed by atoms with E-state index in [4.69, 9.17) is 4.74 Å². The monoisotopic (exact) mass is 481 g/mol. The van der Waals surface area contributed by atoms with Gasteiger partial charge in [0, 0.05) is 37.6 Å². The fourth-order valence-corrected chi connectivity index (χ4v) is 4.58. The van der Waals surface area contributed by atoms with E-state index in [0.717, 1.165) is 30.2 Å². The predicted molar refractivity (Wildman–Crippen MR) is 127 cm³/mol. The average Bonchev–Trinajstić information content (AvgIpc) is 3.44. The Morgan fingerprint density at radius 3 is 2.26 bits per heavy atom. The van der Waals surface area contributed by atoms with Crippen LogP contribution in [-0.4, -0.2) is 50.3 Å². The number of carbonyl (C=O) groups is 2. The van der Waals surface area contributed by atoms with Crippen molar-refractivity contribution in [3.63, 3.8) is 0 Å². The lowest BCUT2D eigenvalue weighted by molar-refractivity contribution is -0.121. The Bertz CT molecular complexity index is 1320. The smallest absolute Gasteiger partial charge is 0.220 e. The van der Waals surface area contributed by atoms with Gasteiger partial charge < -0.3 is 10.1 Å². The van der Waals surface area contributed by atoms with Crippen LogP contribution in [0.25, 0.3) is 5.69 Å². The number of ether oxygens (including phenoxy) is 1. The standard InChI is InChI=1S/C25H27N3O5S/c1-26-23(30)16-25(12-13-25)18-6-4-17(5-7-18)14-22(29)21-15-24(34(3,31)32)27-28(21)19-8-10-20(33-2)11-9-19/h4-11,15H,12-14,16H2,1-3H3,(H,26,30). The number of ketones is 1. The summed E-state index contributed by atoms with van der Waals surface area (Å²) in [6.45, 7) is 0. The first-order valence-electron chi connectivity index (χ1n) is 10.9. The van der Waals surface area contributed by atoms with Gasteiger partial charge in [-0.25, -0.2) is 13.1 Å². The van der Waals surface area contributed by atoms with Gasteiger partial charge in [-0.2, -0.15) is 5.10 Å². The van der Waals surface area contributed by atoms with E-state index in [1.807, 2.05) is 24.3 Å². The van der Waals surface area contributed by atoms with E-state index in [2.05, 4.69) is 10.4 Å². The molecule has 0 spiro atoms. The fraction of sp³-hybridized carbons (Fsp3) is 0.320. The van der Waals surface area contributed by atoms with E-state index in [9.17, 15) is 18.0 Å². The lowest BCUT2D eigenvalue weighted by Crippen LogP contribution is -2.23. The molecule has 3 aromatic rings. The molecular weight excluding hydrogens is 454 g/mol. The topological polar surface area (TPSA) is 107 Å². The summed E-state index contributed by atoms with van der Waals surface area (Å²) < 4.78 is 30.8. The van der Waals surface area contributed by atoms with Gasteiger partial charge in [-0.15, -0.1) is 0 Å². The van der Waals surface area contributed by atoms with Crippen LogP contribution >= 0.6 is 0 Å². The van der Waals surface area contributed by atoms with Crippen LogP contribution in [0.3, 0.4) is 0 Å². The summed E-state index contributed by atoms with van der Waals surface area (Å²) >= 11 is 0. The van der Waals surface area contributed by atoms with Crippen LogP contribution < -0.4 is 10.1 Å². The molecule has 178 valence electrons. The third kappa shape index (κ3) is 4.89. The van der Waals surface area contributed by atoms with E-state index in [1.165, 1.54) is 10.7 Å². The number of hydrogen-bond donors (Lipinski definition) is 1. The molecule has 1 heterocycles. The Kier molecular flexibility index (Phi) is 6.31. The van der Waals surface area contributed by atoms with E-state index < -0.39 is 9.84 Å².